The summed E-state index contributed by atoms with van der Waals surface area (Å²) in [6, 6.07) is 6.68. The Hall–Kier alpha value is -3.23. The van der Waals surface area contributed by atoms with E-state index in [-0.39, 0.29) is 22.4 Å². The van der Waals surface area contributed by atoms with Crippen LogP contribution in [0.15, 0.2) is 42.7 Å². The van der Waals surface area contributed by atoms with Crippen LogP contribution in [0.25, 0.3) is 28.0 Å². The van der Waals surface area contributed by atoms with Crippen LogP contribution in [0.3, 0.4) is 0 Å². The third-order valence-electron chi connectivity index (χ3n) is 4.44. The maximum absolute atomic E-state index is 14.2. The highest BCUT2D eigenvalue weighted by molar-refractivity contribution is 5.84. The van der Waals surface area contributed by atoms with E-state index in [1.165, 1.54) is 24.4 Å². The molecule has 27 heavy (non-hydrogen) atoms. The van der Waals surface area contributed by atoms with Gasteiger partial charge in [0.15, 0.2) is 5.65 Å². The normalized spacial score (nSPS) is 12.1. The summed E-state index contributed by atoms with van der Waals surface area (Å²) in [6.45, 7) is 1.73. The smallest absolute Gasteiger partial charge is 0.272 e. The molecule has 0 fully saturated rings. The third kappa shape index (κ3) is 2.75. The first kappa shape index (κ1) is 17.2. The molecule has 5 nitrogen and oxygen atoms in total. The zero-order chi connectivity index (χ0) is 19.3. The van der Waals surface area contributed by atoms with E-state index >= 15 is 0 Å². The molecule has 0 aliphatic carbocycles. The van der Waals surface area contributed by atoms with Crippen molar-refractivity contribution in [2.24, 2.45) is 7.05 Å². The number of aryl methyl sites for hydroxylation is 1. The molecule has 0 N–H and O–H groups in total. The predicted molar refractivity (Wildman–Crippen MR) is 90.8 cm³/mol. The molecule has 0 aliphatic heterocycles. The van der Waals surface area contributed by atoms with Gasteiger partial charge >= 0.3 is 6.18 Å². The second-order valence-corrected chi connectivity index (χ2v) is 6.07. The average Bonchev–Trinajstić information content (AvgIpc) is 3.18. The van der Waals surface area contributed by atoms with Crippen molar-refractivity contribution in [2.45, 2.75) is 13.1 Å². The molecule has 1 aromatic carbocycles. The van der Waals surface area contributed by atoms with Gasteiger partial charge in [-0.15, -0.1) is 0 Å². The summed E-state index contributed by atoms with van der Waals surface area (Å²) in [5.41, 5.74) is 0.284. The Bertz CT molecular complexity index is 1160. The van der Waals surface area contributed by atoms with Gasteiger partial charge in [0.05, 0.1) is 29.0 Å². The van der Waals surface area contributed by atoms with Crippen molar-refractivity contribution in [2.75, 3.05) is 0 Å². The van der Waals surface area contributed by atoms with E-state index in [2.05, 4.69) is 15.2 Å². The van der Waals surface area contributed by atoms with Crippen molar-refractivity contribution in [3.8, 4) is 16.9 Å². The first-order chi connectivity index (χ1) is 12.8. The molecule has 138 valence electrons. The lowest BCUT2D eigenvalue weighted by molar-refractivity contribution is -0.136. The highest BCUT2D eigenvalue weighted by Gasteiger charge is 2.35. The number of nitrogens with zero attached hydrogens (tertiary/aromatic N) is 5. The van der Waals surface area contributed by atoms with Crippen LogP contribution >= 0.6 is 0 Å². The molecule has 4 rings (SSSR count). The van der Waals surface area contributed by atoms with Crippen molar-refractivity contribution in [3.63, 3.8) is 0 Å². The van der Waals surface area contributed by atoms with E-state index in [0.29, 0.717) is 11.3 Å². The fraction of sp³-hybridized carbons (Fsp3) is 0.167. The van der Waals surface area contributed by atoms with Crippen LogP contribution in [0.1, 0.15) is 11.3 Å². The zero-order valence-electron chi connectivity index (χ0n) is 14.3. The molecular weight excluding hydrogens is 362 g/mol. The van der Waals surface area contributed by atoms with Gasteiger partial charge in [-0.3, -0.25) is 4.68 Å². The fourth-order valence-corrected chi connectivity index (χ4v) is 2.92. The Morgan fingerprint density at radius 1 is 1.04 bits per heavy atom. The van der Waals surface area contributed by atoms with Crippen molar-refractivity contribution < 1.29 is 17.6 Å². The summed E-state index contributed by atoms with van der Waals surface area (Å²) in [5.74, 6) is -0.610. The van der Waals surface area contributed by atoms with Gasteiger partial charge in [-0.1, -0.05) is 12.1 Å². The van der Waals surface area contributed by atoms with Crippen LogP contribution in [0.4, 0.5) is 17.6 Å². The van der Waals surface area contributed by atoms with Crippen molar-refractivity contribution in [3.05, 3.63) is 59.8 Å². The van der Waals surface area contributed by atoms with E-state index in [4.69, 9.17) is 0 Å². The number of para-hydroxylation sites is 1. The summed E-state index contributed by atoms with van der Waals surface area (Å²) < 4.78 is 57.8. The van der Waals surface area contributed by atoms with Crippen LogP contribution in [-0.4, -0.2) is 24.5 Å². The maximum Gasteiger partial charge on any atom is 0.417 e. The lowest BCUT2D eigenvalue weighted by Gasteiger charge is -2.11. The van der Waals surface area contributed by atoms with Crippen LogP contribution < -0.4 is 0 Å². The summed E-state index contributed by atoms with van der Waals surface area (Å²) >= 11 is 0. The number of rotatable bonds is 2. The molecule has 0 saturated heterocycles. The molecule has 0 bridgehead atoms. The average molecular weight is 375 g/mol. The molecule has 3 heterocycles. The fourth-order valence-electron chi connectivity index (χ4n) is 2.92. The van der Waals surface area contributed by atoms with Gasteiger partial charge in [-0.25, -0.2) is 14.1 Å². The standard InChI is InChI=1S/C18H13F4N5/c1-10-11(8-23-26(10)2)15-7-13(18(20,21)22)12-9-24-27(17(12)25-15)16-6-4-3-5-14(16)19/h3-9H,1-2H3. The highest BCUT2D eigenvalue weighted by atomic mass is 19.4. The molecule has 0 unspecified atom stereocenters. The molecule has 0 atom stereocenters. The van der Waals surface area contributed by atoms with E-state index in [1.807, 2.05) is 0 Å². The molecule has 0 radical (unpaired) electrons. The number of aromatic nitrogens is 5. The van der Waals surface area contributed by atoms with Gasteiger partial charge in [0.2, 0.25) is 0 Å². The first-order valence-electron chi connectivity index (χ1n) is 7.97. The maximum atomic E-state index is 14.2. The molecule has 0 aliphatic rings. The Balaban J connectivity index is 2.06. The monoisotopic (exact) mass is 375 g/mol. The zero-order valence-corrected chi connectivity index (χ0v) is 14.3. The molecule has 9 heteroatoms. The van der Waals surface area contributed by atoms with Gasteiger partial charge < -0.3 is 0 Å². The van der Waals surface area contributed by atoms with Crippen LogP contribution in [0.2, 0.25) is 0 Å². The highest BCUT2D eigenvalue weighted by Crippen LogP contribution is 2.37. The number of benzene rings is 1. The number of hydrogen-bond donors (Lipinski definition) is 0. The number of pyridine rings is 1. The van der Waals surface area contributed by atoms with Crippen LogP contribution in [0, 0.1) is 12.7 Å². The first-order valence-corrected chi connectivity index (χ1v) is 7.97. The minimum Gasteiger partial charge on any atom is -0.272 e. The van der Waals surface area contributed by atoms with Crippen LogP contribution in [0.5, 0.6) is 0 Å². The Labute approximate surface area is 150 Å². The van der Waals surface area contributed by atoms with E-state index < -0.39 is 17.6 Å². The molecule has 4 aromatic rings. The van der Waals surface area contributed by atoms with Gasteiger partial charge in [0.1, 0.15) is 11.5 Å². The minimum atomic E-state index is -4.62. The predicted octanol–water partition coefficient (Wildman–Crippen LogP) is 4.29. The minimum absolute atomic E-state index is 0.0215. The number of alkyl halides is 3. The van der Waals surface area contributed by atoms with Gasteiger partial charge in [-0.2, -0.15) is 23.4 Å². The summed E-state index contributed by atoms with van der Waals surface area (Å²) in [5, 5.41) is 7.82. The van der Waals surface area contributed by atoms with Crippen molar-refractivity contribution >= 4 is 11.0 Å². The second kappa shape index (κ2) is 5.90. The van der Waals surface area contributed by atoms with Crippen LogP contribution in [-0.2, 0) is 13.2 Å². The van der Waals surface area contributed by atoms with Crippen molar-refractivity contribution in [1.29, 1.82) is 0 Å². The molecule has 0 spiro atoms. The van der Waals surface area contributed by atoms with Gasteiger partial charge in [-0.05, 0) is 25.1 Å². The summed E-state index contributed by atoms with van der Waals surface area (Å²) in [7, 11) is 1.69. The molecule has 0 saturated carbocycles. The molecule has 3 aromatic heterocycles. The van der Waals surface area contributed by atoms with Crippen molar-refractivity contribution in [1.82, 2.24) is 24.5 Å². The number of hydrogen-bond acceptors (Lipinski definition) is 3. The van der Waals surface area contributed by atoms with Gasteiger partial charge in [0.25, 0.3) is 0 Å². The Kier molecular flexibility index (Phi) is 3.76. The Morgan fingerprint density at radius 2 is 1.78 bits per heavy atom. The third-order valence-corrected chi connectivity index (χ3v) is 4.44. The molecule has 0 amide bonds. The SMILES string of the molecule is Cc1c(-c2cc(C(F)(F)F)c3cnn(-c4ccccc4F)c3n2)cnn1C. The molecular formula is C18H13F4N5. The number of halogens is 4. The van der Waals surface area contributed by atoms with Gasteiger partial charge in [0, 0.05) is 18.3 Å². The van der Waals surface area contributed by atoms with E-state index in [1.54, 1.807) is 24.7 Å². The summed E-state index contributed by atoms with van der Waals surface area (Å²) in [4.78, 5) is 4.35. The second-order valence-electron chi connectivity index (χ2n) is 6.07. The lowest BCUT2D eigenvalue weighted by Crippen LogP contribution is -2.08. The quantitative estimate of drug-likeness (QED) is 0.491. The lowest BCUT2D eigenvalue weighted by atomic mass is 10.1. The van der Waals surface area contributed by atoms with E-state index in [0.717, 1.165) is 16.9 Å². The van der Waals surface area contributed by atoms with E-state index in [9.17, 15) is 17.6 Å². The Morgan fingerprint density at radius 3 is 2.41 bits per heavy atom. The summed E-state index contributed by atoms with van der Waals surface area (Å²) in [6.07, 6.45) is -2.11. The number of fused-ring (bicyclic) bond motifs is 1. The topological polar surface area (TPSA) is 48.5 Å². The largest absolute Gasteiger partial charge is 0.417 e.